The standard InChI is InChI=1S/C15H25NO/c1-5-15(2,3)12-16-10-13-8-6-7-9-14(13)11-17-4/h6-9,16H,5,10-12H2,1-4H3. The van der Waals surface area contributed by atoms with Gasteiger partial charge < -0.3 is 10.1 Å². The second kappa shape index (κ2) is 6.77. The highest BCUT2D eigenvalue weighted by Crippen LogP contribution is 2.18. The van der Waals surface area contributed by atoms with E-state index in [1.54, 1.807) is 7.11 Å². The van der Waals surface area contributed by atoms with Gasteiger partial charge >= 0.3 is 0 Å². The van der Waals surface area contributed by atoms with Crippen molar-refractivity contribution in [1.82, 2.24) is 5.32 Å². The Morgan fingerprint density at radius 3 is 2.41 bits per heavy atom. The Balaban J connectivity index is 2.51. The van der Waals surface area contributed by atoms with Crippen molar-refractivity contribution in [2.75, 3.05) is 13.7 Å². The average molecular weight is 235 g/mol. The molecule has 1 aromatic carbocycles. The lowest BCUT2D eigenvalue weighted by atomic mass is 9.90. The molecule has 0 spiro atoms. The number of benzene rings is 1. The zero-order valence-electron chi connectivity index (χ0n) is 11.5. The molecule has 1 N–H and O–H groups in total. The number of rotatable bonds is 7. The minimum atomic E-state index is 0.371. The van der Waals surface area contributed by atoms with Crippen LogP contribution in [0, 0.1) is 5.41 Å². The Hall–Kier alpha value is -0.860. The van der Waals surface area contributed by atoms with E-state index < -0.39 is 0 Å². The first-order valence-electron chi connectivity index (χ1n) is 6.35. The van der Waals surface area contributed by atoms with Crippen LogP contribution in [0.5, 0.6) is 0 Å². The highest BCUT2D eigenvalue weighted by molar-refractivity contribution is 5.26. The molecule has 0 fully saturated rings. The number of methoxy groups -OCH3 is 1. The molecule has 17 heavy (non-hydrogen) atoms. The maximum absolute atomic E-state index is 5.21. The monoisotopic (exact) mass is 235 g/mol. The fourth-order valence-corrected chi connectivity index (χ4v) is 1.69. The molecule has 0 bridgehead atoms. The van der Waals surface area contributed by atoms with Crippen molar-refractivity contribution in [2.45, 2.75) is 40.3 Å². The lowest BCUT2D eigenvalue weighted by Gasteiger charge is -2.23. The summed E-state index contributed by atoms with van der Waals surface area (Å²) < 4.78 is 5.21. The van der Waals surface area contributed by atoms with Crippen LogP contribution in [0.15, 0.2) is 24.3 Å². The van der Waals surface area contributed by atoms with Gasteiger partial charge in [0.1, 0.15) is 0 Å². The predicted molar refractivity (Wildman–Crippen MR) is 72.9 cm³/mol. The summed E-state index contributed by atoms with van der Waals surface area (Å²) in [7, 11) is 1.74. The largest absolute Gasteiger partial charge is 0.380 e. The minimum Gasteiger partial charge on any atom is -0.380 e. The lowest BCUT2D eigenvalue weighted by Crippen LogP contribution is -2.28. The normalized spacial score (nSPS) is 11.8. The van der Waals surface area contributed by atoms with Gasteiger partial charge in [0.05, 0.1) is 6.61 Å². The molecule has 2 nitrogen and oxygen atoms in total. The fraction of sp³-hybridized carbons (Fsp3) is 0.600. The van der Waals surface area contributed by atoms with E-state index in [1.165, 1.54) is 17.5 Å². The highest BCUT2D eigenvalue weighted by atomic mass is 16.5. The molecule has 0 radical (unpaired) electrons. The topological polar surface area (TPSA) is 21.3 Å². The van der Waals surface area contributed by atoms with Crippen molar-refractivity contribution in [3.8, 4) is 0 Å². The maximum Gasteiger partial charge on any atom is 0.0716 e. The van der Waals surface area contributed by atoms with Gasteiger partial charge in [-0.15, -0.1) is 0 Å². The molecule has 0 aromatic heterocycles. The molecule has 96 valence electrons. The summed E-state index contributed by atoms with van der Waals surface area (Å²) >= 11 is 0. The van der Waals surface area contributed by atoms with Crippen molar-refractivity contribution >= 4 is 0 Å². The van der Waals surface area contributed by atoms with Gasteiger partial charge in [0.25, 0.3) is 0 Å². The van der Waals surface area contributed by atoms with Crippen molar-refractivity contribution in [1.29, 1.82) is 0 Å². The van der Waals surface area contributed by atoms with Crippen molar-refractivity contribution in [2.24, 2.45) is 5.41 Å². The summed E-state index contributed by atoms with van der Waals surface area (Å²) in [6, 6.07) is 8.45. The van der Waals surface area contributed by atoms with Crippen LogP contribution in [0.2, 0.25) is 0 Å². The van der Waals surface area contributed by atoms with E-state index in [0.717, 1.165) is 13.1 Å². The first-order chi connectivity index (χ1) is 8.09. The van der Waals surface area contributed by atoms with E-state index in [0.29, 0.717) is 12.0 Å². The van der Waals surface area contributed by atoms with Crippen LogP contribution in [0.4, 0.5) is 0 Å². The summed E-state index contributed by atoms with van der Waals surface area (Å²) in [5, 5.41) is 3.54. The third-order valence-corrected chi connectivity index (χ3v) is 3.29. The van der Waals surface area contributed by atoms with Gasteiger partial charge in [-0.2, -0.15) is 0 Å². The van der Waals surface area contributed by atoms with E-state index in [9.17, 15) is 0 Å². The molecular formula is C15H25NO. The number of ether oxygens (including phenoxy) is 1. The van der Waals surface area contributed by atoms with Gasteiger partial charge in [0.15, 0.2) is 0 Å². The molecule has 0 heterocycles. The van der Waals surface area contributed by atoms with Crippen LogP contribution in [0.3, 0.4) is 0 Å². The molecule has 0 saturated carbocycles. The first kappa shape index (κ1) is 14.2. The van der Waals surface area contributed by atoms with Crippen molar-refractivity contribution < 1.29 is 4.74 Å². The molecule has 0 saturated heterocycles. The van der Waals surface area contributed by atoms with Gasteiger partial charge in [-0.3, -0.25) is 0 Å². The van der Waals surface area contributed by atoms with E-state index in [2.05, 4.69) is 50.4 Å². The molecule has 0 aliphatic heterocycles. The van der Waals surface area contributed by atoms with Crippen LogP contribution in [0.1, 0.15) is 38.3 Å². The smallest absolute Gasteiger partial charge is 0.0716 e. The predicted octanol–water partition coefficient (Wildman–Crippen LogP) is 3.36. The second-order valence-corrected chi connectivity index (χ2v) is 5.32. The van der Waals surface area contributed by atoms with Crippen molar-refractivity contribution in [3.63, 3.8) is 0 Å². The van der Waals surface area contributed by atoms with Crippen LogP contribution in [0.25, 0.3) is 0 Å². The average Bonchev–Trinajstić information content (AvgIpc) is 2.31. The molecule has 0 aliphatic carbocycles. The van der Waals surface area contributed by atoms with Crippen molar-refractivity contribution in [3.05, 3.63) is 35.4 Å². The molecule has 0 amide bonds. The quantitative estimate of drug-likeness (QED) is 0.782. The van der Waals surface area contributed by atoms with Gasteiger partial charge in [0, 0.05) is 20.2 Å². The molecular weight excluding hydrogens is 210 g/mol. The van der Waals surface area contributed by atoms with Gasteiger partial charge in [-0.1, -0.05) is 45.0 Å². The Kier molecular flexibility index (Phi) is 5.66. The zero-order chi connectivity index (χ0) is 12.7. The third kappa shape index (κ3) is 4.88. The van der Waals surface area contributed by atoms with E-state index >= 15 is 0 Å². The van der Waals surface area contributed by atoms with E-state index in [-0.39, 0.29) is 0 Å². The Morgan fingerprint density at radius 2 is 1.82 bits per heavy atom. The van der Waals surface area contributed by atoms with Gasteiger partial charge in [-0.25, -0.2) is 0 Å². The Bertz CT molecular complexity index is 333. The SMILES string of the molecule is CCC(C)(C)CNCc1ccccc1COC. The number of hydrogen-bond donors (Lipinski definition) is 1. The first-order valence-corrected chi connectivity index (χ1v) is 6.35. The summed E-state index contributed by atoms with van der Waals surface area (Å²) in [5.41, 5.74) is 2.98. The van der Waals surface area contributed by atoms with E-state index in [1.807, 2.05) is 0 Å². The lowest BCUT2D eigenvalue weighted by molar-refractivity contribution is 0.184. The second-order valence-electron chi connectivity index (χ2n) is 5.32. The van der Waals surface area contributed by atoms with Crippen LogP contribution < -0.4 is 5.32 Å². The maximum atomic E-state index is 5.21. The molecule has 0 unspecified atom stereocenters. The van der Waals surface area contributed by atoms with E-state index in [4.69, 9.17) is 4.74 Å². The van der Waals surface area contributed by atoms with Crippen LogP contribution >= 0.6 is 0 Å². The Morgan fingerprint density at radius 1 is 1.18 bits per heavy atom. The summed E-state index contributed by atoms with van der Waals surface area (Å²) in [4.78, 5) is 0. The summed E-state index contributed by atoms with van der Waals surface area (Å²) in [6.45, 7) is 9.48. The summed E-state index contributed by atoms with van der Waals surface area (Å²) in [6.07, 6.45) is 1.19. The van der Waals surface area contributed by atoms with Gasteiger partial charge in [0.2, 0.25) is 0 Å². The number of nitrogens with one attached hydrogen (secondary N) is 1. The van der Waals surface area contributed by atoms with Crippen LogP contribution in [-0.2, 0) is 17.9 Å². The fourth-order valence-electron chi connectivity index (χ4n) is 1.69. The summed E-state index contributed by atoms with van der Waals surface area (Å²) in [5.74, 6) is 0. The minimum absolute atomic E-state index is 0.371. The molecule has 2 heteroatoms. The zero-order valence-corrected chi connectivity index (χ0v) is 11.5. The van der Waals surface area contributed by atoms with Crippen LogP contribution in [-0.4, -0.2) is 13.7 Å². The molecule has 0 atom stereocenters. The Labute approximate surface area is 105 Å². The molecule has 0 aliphatic rings. The molecule has 1 rings (SSSR count). The molecule has 1 aromatic rings. The number of hydrogen-bond acceptors (Lipinski definition) is 2. The third-order valence-electron chi connectivity index (χ3n) is 3.29. The highest BCUT2D eigenvalue weighted by Gasteiger charge is 2.14. The van der Waals surface area contributed by atoms with Gasteiger partial charge in [-0.05, 0) is 23.0 Å².